The van der Waals surface area contributed by atoms with Crippen LogP contribution in [0.15, 0.2) is 18.5 Å². The van der Waals surface area contributed by atoms with Crippen molar-refractivity contribution in [2.24, 2.45) is 0 Å². The molecule has 1 aliphatic rings. The van der Waals surface area contributed by atoms with E-state index in [1.807, 2.05) is 13.0 Å². The van der Waals surface area contributed by atoms with Gasteiger partial charge in [-0.05, 0) is 31.4 Å². The van der Waals surface area contributed by atoms with Gasteiger partial charge in [0.1, 0.15) is 0 Å². The van der Waals surface area contributed by atoms with Crippen LogP contribution < -0.4 is 5.32 Å². The molecule has 1 fully saturated rings. The van der Waals surface area contributed by atoms with Crippen LogP contribution in [0.3, 0.4) is 0 Å². The monoisotopic (exact) mass is 178 g/mol. The summed E-state index contributed by atoms with van der Waals surface area (Å²) in [7, 11) is 0. The number of hydrogen-bond donors (Lipinski definition) is 2. The van der Waals surface area contributed by atoms with E-state index in [0.29, 0.717) is 0 Å². The highest BCUT2D eigenvalue weighted by Gasteiger charge is 2.28. The fraction of sp³-hybridized carbons (Fsp3) is 0.500. The number of anilines is 1. The van der Waals surface area contributed by atoms with Crippen molar-refractivity contribution in [3.05, 3.63) is 24.0 Å². The maximum absolute atomic E-state index is 9.38. The fourth-order valence-electron chi connectivity index (χ4n) is 1.47. The second-order valence-corrected chi connectivity index (χ2v) is 3.59. The van der Waals surface area contributed by atoms with Crippen LogP contribution >= 0.6 is 0 Å². The van der Waals surface area contributed by atoms with Gasteiger partial charge in [0.05, 0.1) is 24.0 Å². The molecule has 0 saturated heterocycles. The van der Waals surface area contributed by atoms with Gasteiger partial charge in [-0.1, -0.05) is 0 Å². The lowest BCUT2D eigenvalue weighted by molar-refractivity contribution is 0.0786. The molecular weight excluding hydrogens is 164 g/mol. The third kappa shape index (κ3) is 1.65. The quantitative estimate of drug-likeness (QED) is 0.718. The zero-order valence-corrected chi connectivity index (χ0v) is 7.70. The minimum absolute atomic E-state index is 0.181. The smallest absolute Gasteiger partial charge is 0.0742 e. The van der Waals surface area contributed by atoms with Crippen LogP contribution in [-0.2, 0) is 0 Å². The van der Waals surface area contributed by atoms with E-state index in [1.54, 1.807) is 12.4 Å². The summed E-state index contributed by atoms with van der Waals surface area (Å²) in [6, 6.07) is 2.19. The van der Waals surface area contributed by atoms with Gasteiger partial charge in [-0.15, -0.1) is 0 Å². The molecule has 0 aliphatic heterocycles. The van der Waals surface area contributed by atoms with Crippen molar-refractivity contribution in [2.75, 3.05) is 5.32 Å². The van der Waals surface area contributed by atoms with E-state index in [0.717, 1.165) is 18.5 Å². The number of aromatic nitrogens is 1. The molecule has 3 nitrogen and oxygen atoms in total. The van der Waals surface area contributed by atoms with Crippen LogP contribution in [-0.4, -0.2) is 22.2 Å². The first-order valence-corrected chi connectivity index (χ1v) is 4.62. The van der Waals surface area contributed by atoms with Crippen molar-refractivity contribution < 1.29 is 5.11 Å². The summed E-state index contributed by atoms with van der Waals surface area (Å²) in [6.45, 7) is 2.04. The molecule has 1 aliphatic carbocycles. The molecule has 0 radical (unpaired) electrons. The van der Waals surface area contributed by atoms with Crippen molar-refractivity contribution in [2.45, 2.75) is 31.9 Å². The highest BCUT2D eigenvalue weighted by Crippen LogP contribution is 2.24. The number of hydrogen-bond acceptors (Lipinski definition) is 3. The van der Waals surface area contributed by atoms with Crippen molar-refractivity contribution in [1.82, 2.24) is 4.98 Å². The molecule has 1 saturated carbocycles. The van der Waals surface area contributed by atoms with E-state index in [-0.39, 0.29) is 12.1 Å². The zero-order chi connectivity index (χ0) is 9.26. The first-order chi connectivity index (χ1) is 6.27. The van der Waals surface area contributed by atoms with Gasteiger partial charge in [-0.3, -0.25) is 4.98 Å². The summed E-state index contributed by atoms with van der Waals surface area (Å²) < 4.78 is 0. The SMILES string of the molecule is Cc1ccncc1N[C@H]1CC[C@@H]1O. The third-order valence-electron chi connectivity index (χ3n) is 2.62. The highest BCUT2D eigenvalue weighted by atomic mass is 16.3. The van der Waals surface area contributed by atoms with Gasteiger partial charge < -0.3 is 10.4 Å². The summed E-state index contributed by atoms with van der Waals surface area (Å²) >= 11 is 0. The second-order valence-electron chi connectivity index (χ2n) is 3.59. The third-order valence-corrected chi connectivity index (χ3v) is 2.62. The molecule has 1 heterocycles. The molecule has 2 rings (SSSR count). The number of pyridine rings is 1. The van der Waals surface area contributed by atoms with Crippen LogP contribution in [0.5, 0.6) is 0 Å². The number of aliphatic hydroxyl groups is 1. The van der Waals surface area contributed by atoms with Crippen LogP contribution in [0.1, 0.15) is 18.4 Å². The maximum Gasteiger partial charge on any atom is 0.0742 e. The number of aliphatic hydroxyl groups excluding tert-OH is 1. The zero-order valence-electron chi connectivity index (χ0n) is 7.70. The van der Waals surface area contributed by atoms with Crippen LogP contribution in [0, 0.1) is 6.92 Å². The lowest BCUT2D eigenvalue weighted by atomic mass is 9.89. The average Bonchev–Trinajstić information content (AvgIpc) is 2.14. The molecule has 2 atom stereocenters. The Kier molecular flexibility index (Phi) is 2.19. The lowest BCUT2D eigenvalue weighted by Crippen LogP contribution is -2.42. The molecule has 2 N–H and O–H groups in total. The Hall–Kier alpha value is -1.09. The first kappa shape index (κ1) is 8.51. The number of rotatable bonds is 2. The molecule has 0 amide bonds. The molecule has 1 aromatic rings. The predicted octanol–water partition coefficient (Wildman–Crippen LogP) is 1.33. The van der Waals surface area contributed by atoms with Gasteiger partial charge in [0.15, 0.2) is 0 Å². The van der Waals surface area contributed by atoms with Gasteiger partial charge in [-0.2, -0.15) is 0 Å². The summed E-state index contributed by atoms with van der Waals surface area (Å²) in [4.78, 5) is 4.04. The molecule has 3 heteroatoms. The van der Waals surface area contributed by atoms with E-state index in [1.165, 1.54) is 5.56 Å². The normalized spacial score (nSPS) is 26.6. The standard InChI is InChI=1S/C10H14N2O/c1-7-4-5-11-6-9(7)12-8-2-3-10(8)13/h4-6,8,10,12-13H,2-3H2,1H3/t8-,10-/m0/s1. The van der Waals surface area contributed by atoms with Crippen molar-refractivity contribution in [1.29, 1.82) is 0 Å². The molecular formula is C10H14N2O. The second kappa shape index (κ2) is 3.34. The minimum atomic E-state index is -0.181. The average molecular weight is 178 g/mol. The Labute approximate surface area is 77.8 Å². The van der Waals surface area contributed by atoms with E-state index in [2.05, 4.69) is 10.3 Å². The minimum Gasteiger partial charge on any atom is -0.391 e. The van der Waals surface area contributed by atoms with Gasteiger partial charge >= 0.3 is 0 Å². The van der Waals surface area contributed by atoms with Crippen LogP contribution in [0.2, 0.25) is 0 Å². The molecule has 70 valence electrons. The van der Waals surface area contributed by atoms with E-state index >= 15 is 0 Å². The Morgan fingerprint density at radius 2 is 2.38 bits per heavy atom. The first-order valence-electron chi connectivity index (χ1n) is 4.62. The van der Waals surface area contributed by atoms with Crippen LogP contribution in [0.25, 0.3) is 0 Å². The summed E-state index contributed by atoms with van der Waals surface area (Å²) in [6.07, 6.45) is 5.37. The fourth-order valence-corrected chi connectivity index (χ4v) is 1.47. The van der Waals surface area contributed by atoms with Crippen molar-refractivity contribution in [3.63, 3.8) is 0 Å². The lowest BCUT2D eigenvalue weighted by Gasteiger charge is -2.34. The molecule has 0 aromatic carbocycles. The molecule has 0 bridgehead atoms. The molecule has 13 heavy (non-hydrogen) atoms. The summed E-state index contributed by atoms with van der Waals surface area (Å²) in [5.41, 5.74) is 2.21. The van der Waals surface area contributed by atoms with Gasteiger partial charge in [-0.25, -0.2) is 0 Å². The number of aryl methyl sites for hydroxylation is 1. The summed E-state index contributed by atoms with van der Waals surface area (Å²) in [5.74, 6) is 0. The van der Waals surface area contributed by atoms with Crippen LogP contribution in [0.4, 0.5) is 5.69 Å². The van der Waals surface area contributed by atoms with Gasteiger partial charge in [0.25, 0.3) is 0 Å². The topological polar surface area (TPSA) is 45.2 Å². The Morgan fingerprint density at radius 1 is 1.54 bits per heavy atom. The van der Waals surface area contributed by atoms with Crippen molar-refractivity contribution in [3.8, 4) is 0 Å². The van der Waals surface area contributed by atoms with Gasteiger partial charge in [0, 0.05) is 6.20 Å². The van der Waals surface area contributed by atoms with Crippen molar-refractivity contribution >= 4 is 5.69 Å². The Bertz CT molecular complexity index is 301. The van der Waals surface area contributed by atoms with Gasteiger partial charge in [0.2, 0.25) is 0 Å². The molecule has 0 spiro atoms. The number of nitrogens with one attached hydrogen (secondary N) is 1. The Morgan fingerprint density at radius 3 is 2.92 bits per heavy atom. The largest absolute Gasteiger partial charge is 0.391 e. The predicted molar refractivity (Wildman–Crippen MR) is 51.6 cm³/mol. The molecule has 0 unspecified atom stereocenters. The van der Waals surface area contributed by atoms with E-state index in [4.69, 9.17) is 0 Å². The maximum atomic E-state index is 9.38. The number of nitrogens with zero attached hydrogens (tertiary/aromatic N) is 1. The Balaban J connectivity index is 2.05. The van der Waals surface area contributed by atoms with E-state index in [9.17, 15) is 5.11 Å². The highest BCUT2D eigenvalue weighted by molar-refractivity contribution is 5.49. The van der Waals surface area contributed by atoms with E-state index < -0.39 is 0 Å². The molecule has 1 aromatic heterocycles. The summed E-state index contributed by atoms with van der Waals surface area (Å²) in [5, 5.41) is 12.7.